The minimum Gasteiger partial charge on any atom is -0.334 e. The largest absolute Gasteiger partial charge is 0.334 e. The summed E-state index contributed by atoms with van der Waals surface area (Å²) >= 11 is 0. The van der Waals surface area contributed by atoms with Gasteiger partial charge in [0.05, 0.1) is 0 Å². The zero-order valence-electron chi connectivity index (χ0n) is 9.65. The van der Waals surface area contributed by atoms with Crippen LogP contribution < -0.4 is 0 Å². The number of rotatable bonds is 3. The van der Waals surface area contributed by atoms with Crippen molar-refractivity contribution in [2.75, 3.05) is 0 Å². The van der Waals surface area contributed by atoms with Gasteiger partial charge in [-0.3, -0.25) is 4.98 Å². The number of hydrogen-bond donors (Lipinski definition) is 0. The average molecular weight is 237 g/mol. The molecule has 0 spiro atoms. The van der Waals surface area contributed by atoms with E-state index < -0.39 is 0 Å². The van der Waals surface area contributed by atoms with Crippen molar-refractivity contribution in [3.63, 3.8) is 0 Å². The molecule has 4 nitrogen and oxygen atoms in total. The van der Waals surface area contributed by atoms with Gasteiger partial charge in [-0.1, -0.05) is 29.4 Å². The van der Waals surface area contributed by atoms with Crippen LogP contribution in [-0.4, -0.2) is 15.1 Å². The number of hydrogen-bond acceptors (Lipinski definition) is 4. The molecule has 1 aromatic carbocycles. The maximum absolute atomic E-state index is 5.24. The second-order valence-corrected chi connectivity index (χ2v) is 3.92. The first kappa shape index (κ1) is 10.7. The normalized spacial score (nSPS) is 10.4. The van der Waals surface area contributed by atoms with E-state index in [2.05, 4.69) is 15.1 Å². The molecule has 3 aromatic rings. The molecule has 0 bridgehead atoms. The number of pyridine rings is 1. The Hall–Kier alpha value is -2.49. The van der Waals surface area contributed by atoms with Gasteiger partial charge in [-0.15, -0.1) is 0 Å². The van der Waals surface area contributed by atoms with E-state index >= 15 is 0 Å². The Morgan fingerprint density at radius 3 is 2.67 bits per heavy atom. The highest BCUT2D eigenvalue weighted by atomic mass is 16.5. The van der Waals surface area contributed by atoms with Gasteiger partial charge in [0.15, 0.2) is 5.82 Å². The Balaban J connectivity index is 1.82. The van der Waals surface area contributed by atoms with Crippen LogP contribution in [0.3, 0.4) is 0 Å². The molecule has 0 unspecified atom stereocenters. The third kappa shape index (κ3) is 2.27. The zero-order chi connectivity index (χ0) is 12.2. The number of aromatic nitrogens is 3. The fraction of sp³-hybridized carbons (Fsp3) is 0.0714. The molecule has 0 atom stereocenters. The molecule has 0 radical (unpaired) electrons. The van der Waals surface area contributed by atoms with Crippen molar-refractivity contribution < 1.29 is 4.52 Å². The van der Waals surface area contributed by atoms with Gasteiger partial charge < -0.3 is 4.52 Å². The molecule has 0 N–H and O–H groups in total. The van der Waals surface area contributed by atoms with Crippen LogP contribution >= 0.6 is 0 Å². The molecule has 0 saturated carbocycles. The smallest absolute Gasteiger partial charge is 0.257 e. The van der Waals surface area contributed by atoms with E-state index in [1.54, 1.807) is 12.4 Å². The van der Waals surface area contributed by atoms with E-state index in [0.717, 1.165) is 11.1 Å². The molecule has 88 valence electrons. The van der Waals surface area contributed by atoms with Crippen LogP contribution in [0.15, 0.2) is 59.4 Å². The van der Waals surface area contributed by atoms with Crippen LogP contribution in [0.25, 0.3) is 11.5 Å². The predicted octanol–water partition coefficient (Wildman–Crippen LogP) is 2.72. The molecule has 0 aliphatic heterocycles. The predicted molar refractivity (Wildman–Crippen MR) is 66.8 cm³/mol. The van der Waals surface area contributed by atoms with Crippen molar-refractivity contribution in [2.45, 2.75) is 6.42 Å². The Bertz CT molecular complexity index is 620. The zero-order valence-corrected chi connectivity index (χ0v) is 9.65. The van der Waals surface area contributed by atoms with Gasteiger partial charge >= 0.3 is 0 Å². The quantitative estimate of drug-likeness (QED) is 0.702. The molecular formula is C14H11N3O. The second kappa shape index (κ2) is 4.79. The molecule has 0 aliphatic carbocycles. The molecule has 0 saturated heterocycles. The van der Waals surface area contributed by atoms with Crippen molar-refractivity contribution in [2.24, 2.45) is 0 Å². The SMILES string of the molecule is c1ccc(-c2nc(Cc3cccnc3)no2)cc1. The summed E-state index contributed by atoms with van der Waals surface area (Å²) in [4.78, 5) is 8.43. The van der Waals surface area contributed by atoms with Gasteiger partial charge in [-0.2, -0.15) is 4.98 Å². The molecule has 18 heavy (non-hydrogen) atoms. The van der Waals surface area contributed by atoms with E-state index in [-0.39, 0.29) is 0 Å². The van der Waals surface area contributed by atoms with Crippen molar-refractivity contribution in [3.05, 3.63) is 66.2 Å². The highest BCUT2D eigenvalue weighted by molar-refractivity contribution is 5.52. The first-order valence-corrected chi connectivity index (χ1v) is 5.69. The molecule has 0 aliphatic rings. The van der Waals surface area contributed by atoms with E-state index in [1.165, 1.54) is 0 Å². The molecule has 0 amide bonds. The topological polar surface area (TPSA) is 51.8 Å². The summed E-state index contributed by atoms with van der Waals surface area (Å²) in [6, 6.07) is 13.6. The lowest BCUT2D eigenvalue weighted by Gasteiger charge is -1.93. The Labute approximate surface area is 104 Å². The summed E-state index contributed by atoms with van der Waals surface area (Å²) < 4.78 is 5.24. The lowest BCUT2D eigenvalue weighted by Crippen LogP contribution is -1.91. The third-order valence-corrected chi connectivity index (χ3v) is 2.57. The lowest BCUT2D eigenvalue weighted by atomic mass is 10.2. The van der Waals surface area contributed by atoms with Crippen LogP contribution in [0.2, 0.25) is 0 Å². The van der Waals surface area contributed by atoms with Gasteiger partial charge in [-0.25, -0.2) is 0 Å². The summed E-state index contributed by atoms with van der Waals surface area (Å²) in [6.07, 6.45) is 4.18. The Morgan fingerprint density at radius 1 is 1.00 bits per heavy atom. The summed E-state index contributed by atoms with van der Waals surface area (Å²) in [5.74, 6) is 1.22. The summed E-state index contributed by atoms with van der Waals surface area (Å²) in [6.45, 7) is 0. The van der Waals surface area contributed by atoms with Gasteiger partial charge in [-0.05, 0) is 23.8 Å². The summed E-state index contributed by atoms with van der Waals surface area (Å²) in [7, 11) is 0. The third-order valence-electron chi connectivity index (χ3n) is 2.57. The van der Waals surface area contributed by atoms with Crippen LogP contribution in [-0.2, 0) is 6.42 Å². The molecule has 3 rings (SSSR count). The minimum atomic E-state index is 0.550. The van der Waals surface area contributed by atoms with Crippen molar-refractivity contribution >= 4 is 0 Å². The van der Waals surface area contributed by atoms with Crippen LogP contribution in [0.5, 0.6) is 0 Å². The van der Waals surface area contributed by atoms with Crippen LogP contribution in [0, 0.1) is 0 Å². The Kier molecular flexibility index (Phi) is 2.84. The lowest BCUT2D eigenvalue weighted by molar-refractivity contribution is 0.424. The highest BCUT2D eigenvalue weighted by Gasteiger charge is 2.08. The molecular weight excluding hydrogens is 226 g/mol. The molecule has 4 heteroatoms. The first-order chi connectivity index (χ1) is 8.92. The van der Waals surface area contributed by atoms with Crippen molar-refractivity contribution in [3.8, 4) is 11.5 Å². The standard InChI is InChI=1S/C14H11N3O/c1-2-6-12(7-3-1)14-16-13(17-18-14)9-11-5-4-8-15-10-11/h1-8,10H,9H2. The van der Waals surface area contributed by atoms with Crippen molar-refractivity contribution in [1.82, 2.24) is 15.1 Å². The van der Waals surface area contributed by atoms with Crippen molar-refractivity contribution in [1.29, 1.82) is 0 Å². The maximum Gasteiger partial charge on any atom is 0.257 e. The van der Waals surface area contributed by atoms with Gasteiger partial charge in [0.2, 0.25) is 0 Å². The number of nitrogens with zero attached hydrogens (tertiary/aromatic N) is 3. The average Bonchev–Trinajstić information content (AvgIpc) is 2.89. The molecule has 2 heterocycles. The van der Waals surface area contributed by atoms with Crippen LogP contribution in [0.4, 0.5) is 0 Å². The van der Waals surface area contributed by atoms with E-state index in [0.29, 0.717) is 18.1 Å². The molecule has 2 aromatic heterocycles. The fourth-order valence-electron chi connectivity index (χ4n) is 1.71. The van der Waals surface area contributed by atoms with Gasteiger partial charge in [0.25, 0.3) is 5.89 Å². The Morgan fingerprint density at radius 2 is 1.89 bits per heavy atom. The highest BCUT2D eigenvalue weighted by Crippen LogP contribution is 2.17. The maximum atomic E-state index is 5.24. The van der Waals surface area contributed by atoms with Gasteiger partial charge in [0.1, 0.15) is 0 Å². The molecule has 0 fully saturated rings. The minimum absolute atomic E-state index is 0.550. The monoisotopic (exact) mass is 237 g/mol. The van der Waals surface area contributed by atoms with E-state index in [4.69, 9.17) is 4.52 Å². The number of benzene rings is 1. The summed E-state index contributed by atoms with van der Waals surface area (Å²) in [5.41, 5.74) is 2.00. The van der Waals surface area contributed by atoms with E-state index in [1.807, 2.05) is 42.5 Å². The second-order valence-electron chi connectivity index (χ2n) is 3.92. The fourth-order valence-corrected chi connectivity index (χ4v) is 1.71. The van der Waals surface area contributed by atoms with Gasteiger partial charge in [0, 0.05) is 24.4 Å². The van der Waals surface area contributed by atoms with E-state index in [9.17, 15) is 0 Å². The summed E-state index contributed by atoms with van der Waals surface area (Å²) in [5, 5.41) is 3.97. The van der Waals surface area contributed by atoms with Crippen LogP contribution in [0.1, 0.15) is 11.4 Å². The first-order valence-electron chi connectivity index (χ1n) is 5.69.